The van der Waals surface area contributed by atoms with Gasteiger partial charge in [0.15, 0.2) is 6.04 Å². The number of carboxylic acids is 1. The third-order valence-electron chi connectivity index (χ3n) is 2.05. The summed E-state index contributed by atoms with van der Waals surface area (Å²) in [6, 6.07) is 2.62. The van der Waals surface area contributed by atoms with Crippen LogP contribution in [0.1, 0.15) is 24.3 Å². The molecule has 0 saturated carbocycles. The molecule has 1 heterocycles. The van der Waals surface area contributed by atoms with Crippen LogP contribution in [-0.2, 0) is 9.59 Å². The number of rotatable bonds is 6. The maximum Gasteiger partial charge on any atom is 0.331 e. The number of hydrogen-bond donors (Lipinski definition) is 1. The molecule has 4 nitrogen and oxygen atoms in total. The van der Waals surface area contributed by atoms with Crippen molar-refractivity contribution in [1.29, 1.82) is 0 Å². The number of aliphatic carboxylic acids is 1. The summed E-state index contributed by atoms with van der Waals surface area (Å²) >= 11 is 4.61. The number of halogens is 1. The van der Waals surface area contributed by atoms with Gasteiger partial charge in [-0.2, -0.15) is 0 Å². The Kier molecular flexibility index (Phi) is 4.95. The molecule has 0 saturated heterocycles. The smallest absolute Gasteiger partial charge is 0.331 e. The van der Waals surface area contributed by atoms with Gasteiger partial charge in [0.1, 0.15) is 0 Å². The Labute approximate surface area is 106 Å². The summed E-state index contributed by atoms with van der Waals surface area (Å²) in [6.45, 7) is 2.34. The fourth-order valence-corrected chi connectivity index (χ4v) is 2.94. The van der Waals surface area contributed by atoms with Gasteiger partial charge in [-0.1, -0.05) is 6.92 Å². The van der Waals surface area contributed by atoms with Crippen molar-refractivity contribution in [2.75, 3.05) is 6.54 Å². The second kappa shape index (κ2) is 6.00. The Morgan fingerprint density at radius 1 is 1.69 bits per heavy atom. The summed E-state index contributed by atoms with van der Waals surface area (Å²) < 4.78 is 0.857. The van der Waals surface area contributed by atoms with E-state index in [1.807, 2.05) is 6.92 Å². The van der Waals surface area contributed by atoms with Crippen LogP contribution in [0.15, 0.2) is 15.9 Å². The van der Waals surface area contributed by atoms with Crippen molar-refractivity contribution in [2.45, 2.75) is 19.4 Å². The van der Waals surface area contributed by atoms with Gasteiger partial charge in [0.25, 0.3) is 0 Å². The topological polar surface area (TPSA) is 57.6 Å². The zero-order valence-corrected chi connectivity index (χ0v) is 11.1. The van der Waals surface area contributed by atoms with Crippen LogP contribution in [-0.4, -0.2) is 28.9 Å². The highest BCUT2D eigenvalue weighted by atomic mass is 79.9. The number of amides is 1. The zero-order valence-electron chi connectivity index (χ0n) is 8.72. The van der Waals surface area contributed by atoms with E-state index in [2.05, 4.69) is 15.9 Å². The summed E-state index contributed by atoms with van der Waals surface area (Å²) in [5.74, 6) is -1.00. The molecule has 0 spiro atoms. The lowest BCUT2D eigenvalue weighted by atomic mass is 10.2. The highest BCUT2D eigenvalue weighted by Gasteiger charge is 2.27. The van der Waals surface area contributed by atoms with E-state index >= 15 is 0 Å². The molecule has 0 aliphatic carbocycles. The van der Waals surface area contributed by atoms with E-state index in [4.69, 9.17) is 5.11 Å². The standard InChI is InChI=1S/C10H12BrNO3S/c1-2-5-12(6-13)9(10(14)15)7-3-4-8(11)16-7/h3-4,6,9H,2,5H2,1H3,(H,14,15). The van der Waals surface area contributed by atoms with Gasteiger partial charge in [0.05, 0.1) is 3.79 Å². The fourth-order valence-electron chi connectivity index (χ4n) is 1.40. The first kappa shape index (κ1) is 13.2. The molecule has 1 aromatic rings. The summed E-state index contributed by atoms with van der Waals surface area (Å²) in [5, 5.41) is 9.15. The molecule has 1 atom stereocenters. The molecule has 0 aliphatic heterocycles. The van der Waals surface area contributed by atoms with Gasteiger partial charge in [-0.25, -0.2) is 4.79 Å². The summed E-state index contributed by atoms with van der Waals surface area (Å²) in [5.41, 5.74) is 0. The Morgan fingerprint density at radius 2 is 2.38 bits per heavy atom. The maximum atomic E-state index is 11.2. The summed E-state index contributed by atoms with van der Waals surface area (Å²) in [7, 11) is 0. The van der Waals surface area contributed by atoms with Gasteiger partial charge in [0, 0.05) is 11.4 Å². The normalized spacial score (nSPS) is 12.1. The third kappa shape index (κ3) is 3.05. The predicted octanol–water partition coefficient (Wildman–Crippen LogP) is 2.50. The lowest BCUT2D eigenvalue weighted by Crippen LogP contribution is -2.33. The fraction of sp³-hybridized carbons (Fsp3) is 0.400. The molecule has 0 radical (unpaired) electrons. The monoisotopic (exact) mass is 305 g/mol. The van der Waals surface area contributed by atoms with Crippen LogP contribution in [0.25, 0.3) is 0 Å². The van der Waals surface area contributed by atoms with Crippen LogP contribution in [0.4, 0.5) is 0 Å². The second-order valence-electron chi connectivity index (χ2n) is 3.23. The number of thiophene rings is 1. The van der Waals surface area contributed by atoms with Gasteiger partial charge in [-0.05, 0) is 34.5 Å². The van der Waals surface area contributed by atoms with E-state index in [0.717, 1.165) is 10.2 Å². The Balaban J connectivity index is 2.98. The Hall–Kier alpha value is -0.880. The molecule has 0 aromatic carbocycles. The van der Waals surface area contributed by atoms with Crippen molar-refractivity contribution < 1.29 is 14.7 Å². The van der Waals surface area contributed by atoms with Gasteiger partial charge >= 0.3 is 5.97 Å². The zero-order chi connectivity index (χ0) is 12.1. The van der Waals surface area contributed by atoms with Crippen molar-refractivity contribution in [3.63, 3.8) is 0 Å². The van der Waals surface area contributed by atoms with Crippen molar-refractivity contribution >= 4 is 39.6 Å². The molecule has 1 rings (SSSR count). The van der Waals surface area contributed by atoms with Crippen LogP contribution in [0.3, 0.4) is 0 Å². The average molecular weight is 306 g/mol. The molecule has 0 bridgehead atoms. The molecule has 6 heteroatoms. The second-order valence-corrected chi connectivity index (χ2v) is 5.72. The SMILES string of the molecule is CCCN(C=O)C(C(=O)O)c1ccc(Br)s1. The van der Waals surface area contributed by atoms with E-state index < -0.39 is 12.0 Å². The molecule has 1 N–H and O–H groups in total. The number of nitrogens with zero attached hydrogens (tertiary/aromatic N) is 1. The first-order chi connectivity index (χ1) is 7.60. The molecule has 16 heavy (non-hydrogen) atoms. The Bertz CT molecular complexity index is 380. The van der Waals surface area contributed by atoms with Crippen LogP contribution in [0.5, 0.6) is 0 Å². The molecule has 0 aliphatic rings. The lowest BCUT2D eigenvalue weighted by Gasteiger charge is -2.23. The van der Waals surface area contributed by atoms with Crippen LogP contribution in [0, 0.1) is 0 Å². The van der Waals surface area contributed by atoms with Gasteiger partial charge in [-0.3, -0.25) is 4.79 Å². The predicted molar refractivity (Wildman–Crippen MR) is 65.5 cm³/mol. The van der Waals surface area contributed by atoms with Crippen molar-refractivity contribution in [3.8, 4) is 0 Å². The van der Waals surface area contributed by atoms with Crippen LogP contribution in [0.2, 0.25) is 0 Å². The van der Waals surface area contributed by atoms with Crippen molar-refractivity contribution in [1.82, 2.24) is 4.90 Å². The summed E-state index contributed by atoms with van der Waals surface area (Å²) in [4.78, 5) is 24.0. The van der Waals surface area contributed by atoms with E-state index in [1.54, 1.807) is 12.1 Å². The van der Waals surface area contributed by atoms with Gasteiger partial charge in [0.2, 0.25) is 6.41 Å². The van der Waals surface area contributed by atoms with Crippen LogP contribution < -0.4 is 0 Å². The van der Waals surface area contributed by atoms with E-state index in [-0.39, 0.29) is 0 Å². The average Bonchev–Trinajstić information content (AvgIpc) is 2.63. The van der Waals surface area contributed by atoms with Crippen molar-refractivity contribution in [2.24, 2.45) is 0 Å². The highest BCUT2D eigenvalue weighted by Crippen LogP contribution is 2.30. The number of carbonyl (C=O) groups is 2. The minimum atomic E-state index is -1.00. The van der Waals surface area contributed by atoms with Gasteiger partial charge < -0.3 is 10.0 Å². The minimum absolute atomic E-state index is 0.440. The number of carboxylic acid groups (broad SMARTS) is 1. The maximum absolute atomic E-state index is 11.2. The molecule has 1 unspecified atom stereocenters. The molecule has 88 valence electrons. The van der Waals surface area contributed by atoms with Crippen LogP contribution >= 0.6 is 27.3 Å². The van der Waals surface area contributed by atoms with Gasteiger partial charge in [-0.15, -0.1) is 11.3 Å². The Morgan fingerprint density at radius 3 is 2.75 bits per heavy atom. The first-order valence-electron chi connectivity index (χ1n) is 4.79. The number of hydrogen-bond acceptors (Lipinski definition) is 3. The minimum Gasteiger partial charge on any atom is -0.479 e. The molecule has 0 fully saturated rings. The number of carbonyl (C=O) groups excluding carboxylic acids is 1. The van der Waals surface area contributed by atoms with Crippen molar-refractivity contribution in [3.05, 3.63) is 20.8 Å². The quantitative estimate of drug-likeness (QED) is 0.822. The lowest BCUT2D eigenvalue weighted by molar-refractivity contribution is -0.146. The van der Waals surface area contributed by atoms with E-state index in [9.17, 15) is 9.59 Å². The molecular formula is C10H12BrNO3S. The van der Waals surface area contributed by atoms with E-state index in [0.29, 0.717) is 17.8 Å². The third-order valence-corrected chi connectivity index (χ3v) is 3.72. The molecule has 1 aromatic heterocycles. The summed E-state index contributed by atoms with van der Waals surface area (Å²) in [6.07, 6.45) is 1.32. The van der Waals surface area contributed by atoms with E-state index in [1.165, 1.54) is 16.2 Å². The molecule has 1 amide bonds. The first-order valence-corrected chi connectivity index (χ1v) is 6.40. The molecular weight excluding hydrogens is 294 g/mol. The highest BCUT2D eigenvalue weighted by molar-refractivity contribution is 9.11. The largest absolute Gasteiger partial charge is 0.479 e.